The molecule has 2 saturated heterocycles. The van der Waals surface area contributed by atoms with E-state index in [0.717, 1.165) is 64.8 Å². The standard InChI is InChI=1S/C18H19N5.3C7H8O3S/c1-11-15-6-12(2-4-16(15)22-21-11)13-3-5-18(20-7-13)23-9-14-8-19-17(14)10-23;3*1-6-2-4-7(5-3-6)11(8,9)10/h2-7,14,17,19H,8-10H2,1H3,(H,21,22);3*2-5H,1H3,(H,8,9,10)/t14-,17+;;;/m0.../s1. The van der Waals surface area contributed by atoms with E-state index in [1.165, 1.54) is 47.3 Å². The molecule has 0 spiro atoms. The predicted molar refractivity (Wildman–Crippen MR) is 215 cm³/mol. The van der Waals surface area contributed by atoms with Crippen LogP contribution in [0, 0.1) is 33.6 Å². The lowest BCUT2D eigenvalue weighted by Gasteiger charge is -2.29. The number of hydrogen-bond acceptors (Lipinski definition) is 10. The minimum absolute atomic E-state index is 0.0666. The average Bonchev–Trinajstić information content (AvgIpc) is 3.65. The molecular weight excluding hydrogens is 779 g/mol. The molecule has 17 heteroatoms. The summed E-state index contributed by atoms with van der Waals surface area (Å²) in [6, 6.07) is 29.3. The molecule has 4 aromatic carbocycles. The number of aryl methyl sites for hydroxylation is 4. The first kappa shape index (κ1) is 42.1. The van der Waals surface area contributed by atoms with Crippen LogP contribution in [0.4, 0.5) is 5.82 Å². The third-order valence-electron chi connectivity index (χ3n) is 9.20. The van der Waals surface area contributed by atoms with Crippen LogP contribution in [0.25, 0.3) is 22.0 Å². The molecule has 6 aromatic rings. The van der Waals surface area contributed by atoms with Crippen LogP contribution in [0.15, 0.2) is 124 Å². The fraction of sp³-hybridized carbons (Fsp3) is 0.231. The van der Waals surface area contributed by atoms with Crippen LogP contribution >= 0.6 is 0 Å². The number of nitrogens with one attached hydrogen (secondary N) is 2. The van der Waals surface area contributed by atoms with Crippen LogP contribution in [-0.4, -0.2) is 79.8 Å². The fourth-order valence-electron chi connectivity index (χ4n) is 5.84. The van der Waals surface area contributed by atoms with Gasteiger partial charge in [0.1, 0.15) is 5.82 Å². The highest BCUT2D eigenvalue weighted by molar-refractivity contribution is 7.86. The molecule has 2 aliphatic heterocycles. The number of H-pyrrole nitrogens is 1. The van der Waals surface area contributed by atoms with Crippen LogP contribution in [0.1, 0.15) is 22.4 Å². The van der Waals surface area contributed by atoms with Crippen molar-refractivity contribution in [2.24, 2.45) is 5.92 Å². The second-order valence-corrected chi connectivity index (χ2v) is 17.8. The molecule has 2 aromatic heterocycles. The van der Waals surface area contributed by atoms with Crippen molar-refractivity contribution >= 4 is 47.1 Å². The number of aromatic amines is 1. The summed E-state index contributed by atoms with van der Waals surface area (Å²) in [4.78, 5) is 6.89. The number of anilines is 1. The number of fused-ring (bicyclic) bond motifs is 2. The van der Waals surface area contributed by atoms with E-state index < -0.39 is 30.4 Å². The molecule has 2 fully saturated rings. The molecule has 0 bridgehead atoms. The van der Waals surface area contributed by atoms with Crippen molar-refractivity contribution in [3.05, 3.63) is 132 Å². The highest BCUT2D eigenvalue weighted by atomic mass is 32.2. The third-order valence-corrected chi connectivity index (χ3v) is 11.8. The summed E-state index contributed by atoms with van der Waals surface area (Å²) in [5, 5.41) is 12.0. The van der Waals surface area contributed by atoms with E-state index in [4.69, 9.17) is 18.6 Å². The molecule has 56 heavy (non-hydrogen) atoms. The van der Waals surface area contributed by atoms with Crippen molar-refractivity contribution in [1.29, 1.82) is 0 Å². The summed E-state index contributed by atoms with van der Waals surface area (Å²) in [7, 11) is -12.1. The summed E-state index contributed by atoms with van der Waals surface area (Å²) in [6.07, 6.45) is 1.99. The van der Waals surface area contributed by atoms with Gasteiger partial charge in [-0.1, -0.05) is 59.2 Å². The van der Waals surface area contributed by atoms with E-state index in [9.17, 15) is 25.3 Å². The topological polar surface area (TPSA) is 220 Å². The van der Waals surface area contributed by atoms with Crippen molar-refractivity contribution in [3.8, 4) is 11.1 Å². The summed E-state index contributed by atoms with van der Waals surface area (Å²) in [6.45, 7) is 10.9. The van der Waals surface area contributed by atoms with Gasteiger partial charge in [0.15, 0.2) is 0 Å². The first-order valence-electron chi connectivity index (χ1n) is 17.3. The van der Waals surface area contributed by atoms with Gasteiger partial charge >= 0.3 is 0 Å². The molecule has 8 rings (SSSR count). The Balaban J connectivity index is 0.000000155. The molecule has 14 nitrogen and oxygen atoms in total. The van der Waals surface area contributed by atoms with Crippen LogP contribution < -0.4 is 10.2 Å². The lowest BCUT2D eigenvalue weighted by atomic mass is 9.96. The summed E-state index contributed by atoms with van der Waals surface area (Å²) < 4.78 is 88.7. The van der Waals surface area contributed by atoms with Crippen LogP contribution in [0.5, 0.6) is 0 Å². The maximum absolute atomic E-state index is 10.5. The average molecular weight is 822 g/mol. The lowest BCUT2D eigenvalue weighted by molar-refractivity contribution is 0.297. The SMILES string of the molecule is Cc1ccc(S(=O)(=O)O)cc1.Cc1ccc(S(=O)(=O)O)cc1.Cc1ccc(S(=O)(=O)O)cc1.Cc1n[nH]c2ccc(-c3ccc(N4C[C@@H]5CN[C@@H]5C4)nc3)cc12. The van der Waals surface area contributed by atoms with Gasteiger partial charge in [-0.3, -0.25) is 18.8 Å². The Morgan fingerprint density at radius 1 is 0.607 bits per heavy atom. The maximum atomic E-state index is 10.5. The zero-order chi connectivity index (χ0) is 40.8. The van der Waals surface area contributed by atoms with Gasteiger partial charge in [0.2, 0.25) is 0 Å². The molecule has 2 aliphatic rings. The van der Waals surface area contributed by atoms with Gasteiger partial charge in [-0.05, 0) is 93.9 Å². The highest BCUT2D eigenvalue weighted by Gasteiger charge is 2.39. The Bertz CT molecular complexity index is 2410. The van der Waals surface area contributed by atoms with Gasteiger partial charge in [-0.2, -0.15) is 30.4 Å². The molecule has 0 unspecified atom stereocenters. The number of nitrogens with zero attached hydrogens (tertiary/aromatic N) is 3. The third kappa shape index (κ3) is 11.3. The first-order chi connectivity index (χ1) is 26.3. The van der Waals surface area contributed by atoms with Crippen molar-refractivity contribution in [1.82, 2.24) is 20.5 Å². The Morgan fingerprint density at radius 2 is 1.07 bits per heavy atom. The van der Waals surface area contributed by atoms with Gasteiger partial charge in [0.25, 0.3) is 30.4 Å². The number of benzene rings is 4. The lowest BCUT2D eigenvalue weighted by Crippen LogP contribution is -2.51. The molecule has 0 aliphatic carbocycles. The van der Waals surface area contributed by atoms with Crippen LogP contribution in [-0.2, 0) is 30.4 Å². The number of rotatable bonds is 5. The van der Waals surface area contributed by atoms with E-state index in [1.807, 2.05) is 33.9 Å². The van der Waals surface area contributed by atoms with Crippen LogP contribution in [0.2, 0.25) is 0 Å². The van der Waals surface area contributed by atoms with E-state index in [0.29, 0.717) is 6.04 Å². The van der Waals surface area contributed by atoms with Gasteiger partial charge in [0.05, 0.1) is 25.9 Å². The second-order valence-electron chi connectivity index (χ2n) is 13.5. The Morgan fingerprint density at radius 3 is 1.43 bits per heavy atom. The molecule has 0 saturated carbocycles. The monoisotopic (exact) mass is 821 g/mol. The van der Waals surface area contributed by atoms with Crippen molar-refractivity contribution < 1.29 is 38.9 Å². The molecule has 4 heterocycles. The summed E-state index contributed by atoms with van der Waals surface area (Å²) in [5.41, 5.74) is 7.32. The Kier molecular flexibility index (Phi) is 13.1. The first-order valence-corrected chi connectivity index (χ1v) is 21.6. The molecular formula is C39H43N5O9S3. The Labute approximate surface area is 326 Å². The molecule has 296 valence electrons. The van der Waals surface area contributed by atoms with Gasteiger partial charge in [-0.15, -0.1) is 0 Å². The zero-order valence-corrected chi connectivity index (χ0v) is 33.5. The predicted octanol–water partition coefficient (Wildman–Crippen LogP) is 6.07. The largest absolute Gasteiger partial charge is 0.355 e. The smallest absolute Gasteiger partial charge is 0.294 e. The molecule has 0 amide bonds. The van der Waals surface area contributed by atoms with Crippen molar-refractivity contribution in [3.63, 3.8) is 0 Å². The molecule has 0 radical (unpaired) electrons. The minimum atomic E-state index is -4.02. The molecule has 2 atom stereocenters. The second kappa shape index (κ2) is 17.4. The van der Waals surface area contributed by atoms with Gasteiger partial charge in [-0.25, -0.2) is 4.98 Å². The summed E-state index contributed by atoms with van der Waals surface area (Å²) >= 11 is 0. The Hall–Kier alpha value is -5.01. The molecule has 5 N–H and O–H groups in total. The van der Waals surface area contributed by atoms with Crippen LogP contribution in [0.3, 0.4) is 0 Å². The minimum Gasteiger partial charge on any atom is -0.355 e. The van der Waals surface area contributed by atoms with E-state index in [1.54, 1.807) is 36.4 Å². The number of hydrogen-bond donors (Lipinski definition) is 5. The van der Waals surface area contributed by atoms with E-state index in [2.05, 4.69) is 50.7 Å². The van der Waals surface area contributed by atoms with Crippen molar-refractivity contribution in [2.45, 2.75) is 48.4 Å². The van der Waals surface area contributed by atoms with E-state index >= 15 is 0 Å². The van der Waals surface area contributed by atoms with E-state index in [-0.39, 0.29) is 14.7 Å². The normalized spacial score (nSPS) is 16.2. The summed E-state index contributed by atoms with van der Waals surface area (Å²) in [5.74, 6) is 1.90. The number of pyridine rings is 1. The van der Waals surface area contributed by atoms with Gasteiger partial charge in [0, 0.05) is 48.7 Å². The highest BCUT2D eigenvalue weighted by Crippen LogP contribution is 2.29. The quantitative estimate of drug-likeness (QED) is 0.125. The van der Waals surface area contributed by atoms with Gasteiger partial charge < -0.3 is 10.2 Å². The van der Waals surface area contributed by atoms with Crippen molar-refractivity contribution in [2.75, 3.05) is 24.5 Å². The number of aromatic nitrogens is 3. The zero-order valence-electron chi connectivity index (χ0n) is 31.0. The fourth-order valence-corrected chi connectivity index (χ4v) is 7.28. The maximum Gasteiger partial charge on any atom is 0.294 e.